The summed E-state index contributed by atoms with van der Waals surface area (Å²) in [5, 5.41) is 11.1. The van der Waals surface area contributed by atoms with E-state index in [0.29, 0.717) is 34.8 Å². The van der Waals surface area contributed by atoms with Gasteiger partial charge in [0.1, 0.15) is 17.5 Å². The van der Waals surface area contributed by atoms with Crippen molar-refractivity contribution in [3.05, 3.63) is 71.2 Å². The number of likely N-dealkylation sites (tertiary alicyclic amines) is 1. The second-order valence-electron chi connectivity index (χ2n) is 7.77. The standard InChI is InChI=1S/C24H21ClN4O3/c1-15-13-17(8-9-19(15)25)31-14-21(30)29-12-4-7-20(29)23-27-28-24(32-23)22-18-6-3-2-5-16(18)10-11-26-22/h2-3,5-6,8-11,13,20H,4,7,12,14H2,1H3/t20-/m1/s1. The molecule has 2 aromatic heterocycles. The van der Waals surface area contributed by atoms with E-state index in [-0.39, 0.29) is 18.6 Å². The van der Waals surface area contributed by atoms with Crippen LogP contribution in [-0.2, 0) is 4.79 Å². The third kappa shape index (κ3) is 3.91. The summed E-state index contributed by atoms with van der Waals surface area (Å²) in [5.41, 5.74) is 1.54. The van der Waals surface area contributed by atoms with Crippen molar-refractivity contribution in [1.29, 1.82) is 0 Å². The zero-order valence-electron chi connectivity index (χ0n) is 17.5. The molecule has 3 heterocycles. The van der Waals surface area contributed by atoms with Crippen molar-refractivity contribution in [2.24, 2.45) is 0 Å². The van der Waals surface area contributed by atoms with E-state index in [1.54, 1.807) is 23.2 Å². The molecule has 0 spiro atoms. The van der Waals surface area contributed by atoms with Crippen LogP contribution >= 0.6 is 11.6 Å². The topological polar surface area (TPSA) is 81.4 Å². The number of nitrogens with zero attached hydrogens (tertiary/aromatic N) is 4. The van der Waals surface area contributed by atoms with E-state index in [2.05, 4.69) is 15.2 Å². The van der Waals surface area contributed by atoms with Crippen molar-refractivity contribution >= 4 is 28.3 Å². The van der Waals surface area contributed by atoms with Crippen molar-refractivity contribution in [3.63, 3.8) is 0 Å². The van der Waals surface area contributed by atoms with Gasteiger partial charge in [-0.05, 0) is 55.0 Å². The molecule has 1 fully saturated rings. The van der Waals surface area contributed by atoms with Gasteiger partial charge in [-0.2, -0.15) is 0 Å². The van der Waals surface area contributed by atoms with Crippen LogP contribution in [0.1, 0.15) is 30.3 Å². The highest BCUT2D eigenvalue weighted by atomic mass is 35.5. The average molecular weight is 449 g/mol. The van der Waals surface area contributed by atoms with E-state index in [1.807, 2.05) is 43.3 Å². The minimum atomic E-state index is -0.269. The summed E-state index contributed by atoms with van der Waals surface area (Å²) in [6, 6.07) is 14.9. The van der Waals surface area contributed by atoms with Gasteiger partial charge in [-0.1, -0.05) is 35.9 Å². The molecule has 4 aromatic rings. The number of fused-ring (bicyclic) bond motifs is 1. The SMILES string of the molecule is Cc1cc(OCC(=O)N2CCC[C@@H]2c2nnc(-c3nccc4ccccc34)o2)ccc1Cl. The Labute approximate surface area is 190 Å². The molecule has 0 radical (unpaired) electrons. The number of hydrogen-bond acceptors (Lipinski definition) is 6. The summed E-state index contributed by atoms with van der Waals surface area (Å²) in [6.07, 6.45) is 3.35. The Morgan fingerprint density at radius 2 is 2.09 bits per heavy atom. The monoisotopic (exact) mass is 448 g/mol. The maximum atomic E-state index is 12.9. The largest absolute Gasteiger partial charge is 0.484 e. The molecular formula is C24H21ClN4O3. The number of hydrogen-bond donors (Lipinski definition) is 0. The lowest BCUT2D eigenvalue weighted by atomic mass is 10.1. The molecule has 0 unspecified atom stereocenters. The van der Waals surface area contributed by atoms with Gasteiger partial charge in [-0.15, -0.1) is 10.2 Å². The van der Waals surface area contributed by atoms with Gasteiger partial charge in [0.05, 0.1) is 0 Å². The molecule has 8 heteroatoms. The van der Waals surface area contributed by atoms with E-state index < -0.39 is 0 Å². The predicted molar refractivity (Wildman–Crippen MR) is 120 cm³/mol. The second-order valence-corrected chi connectivity index (χ2v) is 8.18. The lowest BCUT2D eigenvalue weighted by Gasteiger charge is -2.22. The number of carbonyl (C=O) groups excluding carboxylic acids is 1. The molecule has 5 rings (SSSR count). The molecule has 0 saturated carbocycles. The Bertz CT molecular complexity index is 1280. The van der Waals surface area contributed by atoms with Crippen LogP contribution in [0, 0.1) is 6.92 Å². The lowest BCUT2D eigenvalue weighted by Crippen LogP contribution is -2.34. The normalized spacial score (nSPS) is 15.9. The van der Waals surface area contributed by atoms with Crippen molar-refractivity contribution < 1.29 is 13.9 Å². The quantitative estimate of drug-likeness (QED) is 0.428. The maximum Gasteiger partial charge on any atom is 0.267 e. The van der Waals surface area contributed by atoms with Crippen LogP contribution in [0.5, 0.6) is 5.75 Å². The van der Waals surface area contributed by atoms with E-state index in [1.165, 1.54) is 0 Å². The highest BCUT2D eigenvalue weighted by Gasteiger charge is 2.34. The fourth-order valence-electron chi connectivity index (χ4n) is 4.01. The van der Waals surface area contributed by atoms with Crippen LogP contribution in [0.15, 0.2) is 59.1 Å². The number of rotatable bonds is 5. The maximum absolute atomic E-state index is 12.9. The summed E-state index contributed by atoms with van der Waals surface area (Å²) in [7, 11) is 0. The number of aromatic nitrogens is 3. The smallest absolute Gasteiger partial charge is 0.267 e. The van der Waals surface area contributed by atoms with Crippen LogP contribution in [0.2, 0.25) is 5.02 Å². The Hall–Kier alpha value is -3.45. The summed E-state index contributed by atoms with van der Waals surface area (Å²) in [6.45, 7) is 2.45. The summed E-state index contributed by atoms with van der Waals surface area (Å²) < 4.78 is 11.7. The fourth-order valence-corrected chi connectivity index (χ4v) is 4.13. The van der Waals surface area contributed by atoms with Gasteiger partial charge < -0.3 is 14.1 Å². The molecule has 1 atom stereocenters. The van der Waals surface area contributed by atoms with Gasteiger partial charge in [-0.3, -0.25) is 9.78 Å². The number of pyridine rings is 1. The number of ether oxygens (including phenoxy) is 1. The highest BCUT2D eigenvalue weighted by Crippen LogP contribution is 2.34. The molecule has 32 heavy (non-hydrogen) atoms. The van der Waals surface area contributed by atoms with Gasteiger partial charge in [-0.25, -0.2) is 0 Å². The summed E-state index contributed by atoms with van der Waals surface area (Å²) in [5.74, 6) is 1.26. The number of amides is 1. The van der Waals surface area contributed by atoms with Crippen molar-refractivity contribution in [3.8, 4) is 17.3 Å². The highest BCUT2D eigenvalue weighted by molar-refractivity contribution is 6.31. The van der Waals surface area contributed by atoms with Crippen LogP contribution in [0.4, 0.5) is 0 Å². The molecule has 162 valence electrons. The number of halogens is 1. The Balaban J connectivity index is 1.33. The Morgan fingerprint density at radius 3 is 2.97 bits per heavy atom. The molecule has 2 aromatic carbocycles. The van der Waals surface area contributed by atoms with Gasteiger partial charge in [0, 0.05) is 23.2 Å². The van der Waals surface area contributed by atoms with Gasteiger partial charge in [0.15, 0.2) is 6.61 Å². The number of carbonyl (C=O) groups is 1. The fraction of sp³-hybridized carbons (Fsp3) is 0.250. The molecule has 0 aliphatic carbocycles. The van der Waals surface area contributed by atoms with Crippen molar-refractivity contribution in [1.82, 2.24) is 20.1 Å². The molecular weight excluding hydrogens is 428 g/mol. The Kier molecular flexibility index (Phi) is 5.49. The summed E-state index contributed by atoms with van der Waals surface area (Å²) in [4.78, 5) is 19.1. The first-order valence-corrected chi connectivity index (χ1v) is 10.8. The van der Waals surface area contributed by atoms with Crippen LogP contribution in [0.3, 0.4) is 0 Å². The van der Waals surface area contributed by atoms with E-state index in [0.717, 1.165) is 29.2 Å². The lowest BCUT2D eigenvalue weighted by molar-refractivity contribution is -0.134. The summed E-state index contributed by atoms with van der Waals surface area (Å²) >= 11 is 6.05. The minimum absolute atomic E-state index is 0.0660. The molecule has 1 aliphatic heterocycles. The zero-order chi connectivity index (χ0) is 22.1. The molecule has 1 saturated heterocycles. The first-order chi connectivity index (χ1) is 15.6. The second kappa shape index (κ2) is 8.59. The molecule has 0 N–H and O–H groups in total. The van der Waals surface area contributed by atoms with Crippen molar-refractivity contribution in [2.45, 2.75) is 25.8 Å². The van der Waals surface area contributed by atoms with Crippen LogP contribution in [-0.4, -0.2) is 39.1 Å². The van der Waals surface area contributed by atoms with Gasteiger partial charge in [0.25, 0.3) is 11.8 Å². The average Bonchev–Trinajstić information content (AvgIpc) is 3.49. The number of aryl methyl sites for hydroxylation is 1. The third-order valence-electron chi connectivity index (χ3n) is 5.67. The Morgan fingerprint density at radius 1 is 1.22 bits per heavy atom. The van der Waals surface area contributed by atoms with E-state index in [4.69, 9.17) is 20.8 Å². The predicted octanol–water partition coefficient (Wildman–Crippen LogP) is 4.99. The zero-order valence-corrected chi connectivity index (χ0v) is 18.2. The first kappa shape index (κ1) is 20.5. The molecule has 0 bridgehead atoms. The first-order valence-electron chi connectivity index (χ1n) is 10.5. The van der Waals surface area contributed by atoms with E-state index in [9.17, 15) is 4.79 Å². The molecule has 7 nitrogen and oxygen atoms in total. The third-order valence-corrected chi connectivity index (χ3v) is 6.09. The van der Waals surface area contributed by atoms with Gasteiger partial charge >= 0.3 is 0 Å². The molecule has 1 aliphatic rings. The molecule has 1 amide bonds. The number of benzene rings is 2. The van der Waals surface area contributed by atoms with Crippen molar-refractivity contribution in [2.75, 3.05) is 13.2 Å². The van der Waals surface area contributed by atoms with Gasteiger partial charge in [0.2, 0.25) is 5.89 Å². The van der Waals surface area contributed by atoms with E-state index >= 15 is 0 Å². The minimum Gasteiger partial charge on any atom is -0.484 e. The van der Waals surface area contributed by atoms with Crippen LogP contribution in [0.25, 0.3) is 22.4 Å². The van der Waals surface area contributed by atoms with Crippen LogP contribution < -0.4 is 4.74 Å².